The van der Waals surface area contributed by atoms with E-state index in [4.69, 9.17) is 11.0 Å². The molecular weight excluding hydrogens is 164 g/mol. The highest BCUT2D eigenvalue weighted by atomic mass is 16.3. The standard InChI is InChI=1S/C10H12N2O/c11-6-5-10(13)9-4-2-1-3-8(9)7-12/h1-4,10,13H,5-6,11H2/t10-/m1/s1. The monoisotopic (exact) mass is 176 g/mol. The number of aliphatic hydroxyl groups excluding tert-OH is 1. The Morgan fingerprint density at radius 3 is 2.77 bits per heavy atom. The summed E-state index contributed by atoms with van der Waals surface area (Å²) in [6, 6.07) is 9.05. The minimum atomic E-state index is -0.624. The number of hydrogen-bond acceptors (Lipinski definition) is 3. The van der Waals surface area contributed by atoms with Crippen LogP contribution in [0.2, 0.25) is 0 Å². The van der Waals surface area contributed by atoms with Crippen molar-refractivity contribution in [2.75, 3.05) is 6.54 Å². The van der Waals surface area contributed by atoms with Crippen LogP contribution in [0, 0.1) is 11.3 Å². The van der Waals surface area contributed by atoms with E-state index >= 15 is 0 Å². The summed E-state index contributed by atoms with van der Waals surface area (Å²) in [4.78, 5) is 0. The van der Waals surface area contributed by atoms with Crippen molar-refractivity contribution in [3.8, 4) is 6.07 Å². The Kier molecular flexibility index (Phi) is 3.44. The van der Waals surface area contributed by atoms with E-state index in [-0.39, 0.29) is 0 Å². The van der Waals surface area contributed by atoms with Crippen LogP contribution in [0.3, 0.4) is 0 Å². The van der Waals surface area contributed by atoms with Gasteiger partial charge in [-0.25, -0.2) is 0 Å². The van der Waals surface area contributed by atoms with Crippen LogP contribution in [0.4, 0.5) is 0 Å². The van der Waals surface area contributed by atoms with Gasteiger partial charge in [0.05, 0.1) is 17.7 Å². The summed E-state index contributed by atoms with van der Waals surface area (Å²) in [5.41, 5.74) is 6.49. The summed E-state index contributed by atoms with van der Waals surface area (Å²) in [6.45, 7) is 0.418. The van der Waals surface area contributed by atoms with Crippen molar-refractivity contribution in [3.05, 3.63) is 35.4 Å². The molecule has 0 unspecified atom stereocenters. The zero-order valence-corrected chi connectivity index (χ0v) is 7.27. The molecule has 1 rings (SSSR count). The van der Waals surface area contributed by atoms with Gasteiger partial charge in [0.2, 0.25) is 0 Å². The van der Waals surface area contributed by atoms with E-state index in [1.54, 1.807) is 24.3 Å². The molecular formula is C10H12N2O. The molecule has 0 amide bonds. The molecule has 0 fully saturated rings. The Bertz CT molecular complexity index is 317. The average Bonchev–Trinajstić information content (AvgIpc) is 2.18. The molecule has 0 aliphatic carbocycles. The second-order valence-corrected chi connectivity index (χ2v) is 2.79. The third kappa shape index (κ3) is 2.28. The minimum absolute atomic E-state index is 0.418. The van der Waals surface area contributed by atoms with Crippen molar-refractivity contribution in [1.82, 2.24) is 0 Å². The zero-order chi connectivity index (χ0) is 9.68. The van der Waals surface area contributed by atoms with Gasteiger partial charge in [0.25, 0.3) is 0 Å². The lowest BCUT2D eigenvalue weighted by molar-refractivity contribution is 0.170. The van der Waals surface area contributed by atoms with Crippen LogP contribution >= 0.6 is 0 Å². The Hall–Kier alpha value is -1.37. The van der Waals surface area contributed by atoms with Gasteiger partial charge in [-0.2, -0.15) is 5.26 Å². The Morgan fingerprint density at radius 1 is 1.46 bits per heavy atom. The van der Waals surface area contributed by atoms with Gasteiger partial charge >= 0.3 is 0 Å². The number of hydrogen-bond donors (Lipinski definition) is 2. The number of rotatable bonds is 3. The average molecular weight is 176 g/mol. The zero-order valence-electron chi connectivity index (χ0n) is 7.27. The first-order valence-corrected chi connectivity index (χ1v) is 4.16. The largest absolute Gasteiger partial charge is 0.388 e. The molecule has 0 spiro atoms. The van der Waals surface area contributed by atoms with E-state index in [0.29, 0.717) is 24.1 Å². The highest BCUT2D eigenvalue weighted by molar-refractivity contribution is 5.38. The van der Waals surface area contributed by atoms with Crippen molar-refractivity contribution in [2.45, 2.75) is 12.5 Å². The molecule has 3 nitrogen and oxygen atoms in total. The number of nitrogens with two attached hydrogens (primary N) is 1. The third-order valence-electron chi connectivity index (χ3n) is 1.88. The van der Waals surface area contributed by atoms with E-state index in [1.807, 2.05) is 6.07 Å². The molecule has 68 valence electrons. The fourth-order valence-electron chi connectivity index (χ4n) is 1.20. The number of nitriles is 1. The molecule has 1 aromatic rings. The highest BCUT2D eigenvalue weighted by Crippen LogP contribution is 2.19. The fraction of sp³-hybridized carbons (Fsp3) is 0.300. The summed E-state index contributed by atoms with van der Waals surface area (Å²) in [6.07, 6.45) is -0.139. The minimum Gasteiger partial charge on any atom is -0.388 e. The first-order chi connectivity index (χ1) is 6.29. The second kappa shape index (κ2) is 4.61. The first kappa shape index (κ1) is 9.72. The lowest BCUT2D eigenvalue weighted by Crippen LogP contribution is -2.07. The van der Waals surface area contributed by atoms with Crippen molar-refractivity contribution >= 4 is 0 Å². The maximum Gasteiger partial charge on any atom is 0.0995 e. The molecule has 13 heavy (non-hydrogen) atoms. The quantitative estimate of drug-likeness (QED) is 0.720. The van der Waals surface area contributed by atoms with Crippen LogP contribution < -0.4 is 5.73 Å². The lowest BCUT2D eigenvalue weighted by atomic mass is 10.0. The summed E-state index contributed by atoms with van der Waals surface area (Å²) >= 11 is 0. The molecule has 0 saturated carbocycles. The van der Waals surface area contributed by atoms with Gasteiger partial charge in [0.15, 0.2) is 0 Å². The summed E-state index contributed by atoms with van der Waals surface area (Å²) < 4.78 is 0. The maximum absolute atomic E-state index is 9.60. The fourth-order valence-corrected chi connectivity index (χ4v) is 1.20. The molecule has 3 heteroatoms. The van der Waals surface area contributed by atoms with Gasteiger partial charge in [-0.05, 0) is 24.6 Å². The van der Waals surface area contributed by atoms with Crippen molar-refractivity contribution in [2.24, 2.45) is 5.73 Å². The molecule has 0 aliphatic heterocycles. The number of aliphatic hydroxyl groups is 1. The van der Waals surface area contributed by atoms with Crippen LogP contribution in [0.1, 0.15) is 23.7 Å². The SMILES string of the molecule is N#Cc1ccccc1[C@H](O)CCN. The normalized spacial score (nSPS) is 12.1. The summed E-state index contributed by atoms with van der Waals surface area (Å²) in [5, 5.41) is 18.3. The van der Waals surface area contributed by atoms with Gasteiger partial charge in [-0.15, -0.1) is 0 Å². The first-order valence-electron chi connectivity index (χ1n) is 4.16. The molecule has 3 N–H and O–H groups in total. The Balaban J connectivity index is 2.93. The van der Waals surface area contributed by atoms with Gasteiger partial charge in [0, 0.05) is 0 Å². The highest BCUT2D eigenvalue weighted by Gasteiger charge is 2.09. The molecule has 0 saturated heterocycles. The van der Waals surface area contributed by atoms with Crippen LogP contribution in [-0.2, 0) is 0 Å². The molecule has 0 bridgehead atoms. The van der Waals surface area contributed by atoms with Crippen LogP contribution in [0.5, 0.6) is 0 Å². The predicted molar refractivity (Wildman–Crippen MR) is 49.8 cm³/mol. The molecule has 0 heterocycles. The van der Waals surface area contributed by atoms with E-state index < -0.39 is 6.10 Å². The topological polar surface area (TPSA) is 70.0 Å². The van der Waals surface area contributed by atoms with Crippen LogP contribution in [0.25, 0.3) is 0 Å². The van der Waals surface area contributed by atoms with Crippen molar-refractivity contribution in [1.29, 1.82) is 5.26 Å². The summed E-state index contributed by atoms with van der Waals surface area (Å²) in [7, 11) is 0. The van der Waals surface area contributed by atoms with E-state index in [9.17, 15) is 5.11 Å². The van der Waals surface area contributed by atoms with E-state index in [2.05, 4.69) is 0 Å². The molecule has 1 aromatic carbocycles. The Morgan fingerprint density at radius 2 is 2.15 bits per heavy atom. The molecule has 0 radical (unpaired) electrons. The maximum atomic E-state index is 9.60. The van der Waals surface area contributed by atoms with Gasteiger partial charge < -0.3 is 10.8 Å². The van der Waals surface area contributed by atoms with E-state index in [1.165, 1.54) is 0 Å². The van der Waals surface area contributed by atoms with Crippen molar-refractivity contribution < 1.29 is 5.11 Å². The van der Waals surface area contributed by atoms with Crippen LogP contribution in [-0.4, -0.2) is 11.7 Å². The lowest BCUT2D eigenvalue weighted by Gasteiger charge is -2.10. The van der Waals surface area contributed by atoms with Gasteiger partial charge in [0.1, 0.15) is 0 Å². The number of nitrogens with zero attached hydrogens (tertiary/aromatic N) is 1. The third-order valence-corrected chi connectivity index (χ3v) is 1.88. The predicted octanol–water partition coefficient (Wildman–Crippen LogP) is 0.940. The smallest absolute Gasteiger partial charge is 0.0995 e. The van der Waals surface area contributed by atoms with Gasteiger partial charge in [-0.3, -0.25) is 0 Å². The van der Waals surface area contributed by atoms with Gasteiger partial charge in [-0.1, -0.05) is 18.2 Å². The molecule has 0 aromatic heterocycles. The second-order valence-electron chi connectivity index (χ2n) is 2.79. The summed E-state index contributed by atoms with van der Waals surface area (Å²) in [5.74, 6) is 0. The Labute approximate surface area is 77.4 Å². The molecule has 0 aliphatic rings. The molecule has 1 atom stereocenters. The van der Waals surface area contributed by atoms with Crippen molar-refractivity contribution in [3.63, 3.8) is 0 Å². The van der Waals surface area contributed by atoms with Crippen LogP contribution in [0.15, 0.2) is 24.3 Å². The number of benzene rings is 1. The van der Waals surface area contributed by atoms with E-state index in [0.717, 1.165) is 0 Å².